The summed E-state index contributed by atoms with van der Waals surface area (Å²) >= 11 is 9.36. The molecule has 0 spiro atoms. The third kappa shape index (κ3) is 3.08. The number of phenols is 1. The number of benzene rings is 2. The smallest absolute Gasteiger partial charge is 0.124 e. The van der Waals surface area contributed by atoms with Gasteiger partial charge in [0.2, 0.25) is 0 Å². The van der Waals surface area contributed by atoms with Gasteiger partial charge in [-0.05, 0) is 30.3 Å². The van der Waals surface area contributed by atoms with E-state index in [1.807, 2.05) is 18.2 Å². The predicted octanol–water partition coefficient (Wildman–Crippen LogP) is 4.56. The molecule has 0 saturated carbocycles. The fourth-order valence-corrected chi connectivity index (χ4v) is 2.04. The Morgan fingerprint density at radius 3 is 2.65 bits per heavy atom. The average molecular weight is 311 g/mol. The van der Waals surface area contributed by atoms with Crippen LogP contribution in [-0.2, 0) is 0 Å². The van der Waals surface area contributed by atoms with Crippen molar-refractivity contribution in [1.82, 2.24) is 0 Å². The predicted molar refractivity (Wildman–Crippen MR) is 74.5 cm³/mol. The Morgan fingerprint density at radius 2 is 1.94 bits per heavy atom. The third-order valence-corrected chi connectivity index (χ3v) is 2.99. The molecule has 0 atom stereocenters. The molecule has 0 fully saturated rings. The summed E-state index contributed by atoms with van der Waals surface area (Å²) in [7, 11) is 0. The molecule has 0 bridgehead atoms. The summed E-state index contributed by atoms with van der Waals surface area (Å²) in [5.41, 5.74) is 1.32. The number of halogens is 2. The minimum atomic E-state index is 0.199. The van der Waals surface area contributed by atoms with Gasteiger partial charge in [-0.2, -0.15) is 0 Å². The molecular formula is C13H9BrClNO. The highest BCUT2D eigenvalue weighted by atomic mass is 79.9. The first-order chi connectivity index (χ1) is 8.16. The zero-order chi connectivity index (χ0) is 12.3. The molecule has 0 aliphatic heterocycles. The van der Waals surface area contributed by atoms with E-state index in [2.05, 4.69) is 20.9 Å². The van der Waals surface area contributed by atoms with Gasteiger partial charge in [0.15, 0.2) is 0 Å². The SMILES string of the molecule is Oc1ccccc1C=Nc1ccc(Br)cc1Cl. The number of phenolic OH excluding ortho intramolecular Hbond substituents is 1. The van der Waals surface area contributed by atoms with Crippen LogP contribution in [0.2, 0.25) is 5.02 Å². The molecule has 0 aliphatic rings. The highest BCUT2D eigenvalue weighted by Gasteiger charge is 1.99. The fourth-order valence-electron chi connectivity index (χ4n) is 1.32. The van der Waals surface area contributed by atoms with Crippen LogP contribution >= 0.6 is 27.5 Å². The van der Waals surface area contributed by atoms with Crippen molar-refractivity contribution in [2.75, 3.05) is 0 Å². The number of hydrogen-bond acceptors (Lipinski definition) is 2. The summed E-state index contributed by atoms with van der Waals surface area (Å²) in [5.74, 6) is 0.199. The molecule has 0 amide bonds. The maximum absolute atomic E-state index is 9.57. The van der Waals surface area contributed by atoms with Crippen molar-refractivity contribution >= 4 is 39.4 Å². The summed E-state index contributed by atoms with van der Waals surface area (Å²) in [5, 5.41) is 10.1. The fraction of sp³-hybridized carbons (Fsp3) is 0. The van der Waals surface area contributed by atoms with E-state index in [4.69, 9.17) is 11.6 Å². The summed E-state index contributed by atoms with van der Waals surface area (Å²) < 4.78 is 0.906. The molecule has 17 heavy (non-hydrogen) atoms. The van der Waals surface area contributed by atoms with E-state index in [-0.39, 0.29) is 5.75 Å². The molecule has 2 aromatic carbocycles. The highest BCUT2D eigenvalue weighted by molar-refractivity contribution is 9.10. The second-order valence-electron chi connectivity index (χ2n) is 3.41. The van der Waals surface area contributed by atoms with Gasteiger partial charge >= 0.3 is 0 Å². The van der Waals surface area contributed by atoms with Gasteiger partial charge in [0.05, 0.1) is 10.7 Å². The quantitative estimate of drug-likeness (QED) is 0.810. The van der Waals surface area contributed by atoms with Crippen LogP contribution in [0.15, 0.2) is 51.9 Å². The Kier molecular flexibility index (Phi) is 3.82. The van der Waals surface area contributed by atoms with Crippen LogP contribution in [0.25, 0.3) is 0 Å². The van der Waals surface area contributed by atoms with Crippen molar-refractivity contribution in [3.05, 3.63) is 57.5 Å². The van der Waals surface area contributed by atoms with E-state index in [1.54, 1.807) is 30.5 Å². The molecule has 86 valence electrons. The number of para-hydroxylation sites is 1. The van der Waals surface area contributed by atoms with Crippen LogP contribution < -0.4 is 0 Å². The van der Waals surface area contributed by atoms with Crippen LogP contribution in [0.5, 0.6) is 5.75 Å². The van der Waals surface area contributed by atoms with Crippen molar-refractivity contribution in [2.45, 2.75) is 0 Å². The first kappa shape index (κ1) is 12.1. The number of rotatable bonds is 2. The van der Waals surface area contributed by atoms with Gasteiger partial charge < -0.3 is 5.11 Å². The third-order valence-electron chi connectivity index (χ3n) is 2.19. The minimum absolute atomic E-state index is 0.199. The van der Waals surface area contributed by atoms with E-state index in [9.17, 15) is 5.11 Å². The molecule has 2 aromatic rings. The molecule has 4 heteroatoms. The monoisotopic (exact) mass is 309 g/mol. The topological polar surface area (TPSA) is 32.6 Å². The molecule has 0 unspecified atom stereocenters. The Balaban J connectivity index is 2.29. The Hall–Kier alpha value is -1.32. The van der Waals surface area contributed by atoms with Crippen molar-refractivity contribution in [3.63, 3.8) is 0 Å². The number of hydrogen-bond donors (Lipinski definition) is 1. The lowest BCUT2D eigenvalue weighted by molar-refractivity contribution is 0.474. The van der Waals surface area contributed by atoms with Crippen molar-refractivity contribution in [2.24, 2.45) is 4.99 Å². The molecule has 2 rings (SSSR count). The van der Waals surface area contributed by atoms with E-state index < -0.39 is 0 Å². The van der Waals surface area contributed by atoms with E-state index in [0.29, 0.717) is 16.3 Å². The molecule has 2 nitrogen and oxygen atoms in total. The normalized spacial score (nSPS) is 10.9. The zero-order valence-corrected chi connectivity index (χ0v) is 11.1. The minimum Gasteiger partial charge on any atom is -0.507 e. The lowest BCUT2D eigenvalue weighted by atomic mass is 10.2. The zero-order valence-electron chi connectivity index (χ0n) is 8.77. The van der Waals surface area contributed by atoms with Gasteiger partial charge in [-0.15, -0.1) is 0 Å². The number of aromatic hydroxyl groups is 1. The molecular weight excluding hydrogens is 302 g/mol. The summed E-state index contributed by atoms with van der Waals surface area (Å²) in [4.78, 5) is 4.24. The number of nitrogens with zero attached hydrogens (tertiary/aromatic N) is 1. The van der Waals surface area contributed by atoms with Gasteiger partial charge in [0, 0.05) is 16.3 Å². The van der Waals surface area contributed by atoms with Crippen LogP contribution in [0.1, 0.15) is 5.56 Å². The number of aliphatic imine (C=N–C) groups is 1. The molecule has 1 N–H and O–H groups in total. The molecule has 0 heterocycles. The Labute approximate surface area is 113 Å². The van der Waals surface area contributed by atoms with Crippen LogP contribution in [-0.4, -0.2) is 11.3 Å². The highest BCUT2D eigenvalue weighted by Crippen LogP contribution is 2.28. The van der Waals surface area contributed by atoms with Gasteiger partial charge in [-0.1, -0.05) is 39.7 Å². The summed E-state index contributed by atoms with van der Waals surface area (Å²) in [6, 6.07) is 12.4. The first-order valence-corrected chi connectivity index (χ1v) is 6.11. The standard InChI is InChI=1S/C13H9BrClNO/c14-10-5-6-12(11(15)7-10)16-8-9-3-1-2-4-13(9)17/h1-8,17H. The van der Waals surface area contributed by atoms with Crippen molar-refractivity contribution in [1.29, 1.82) is 0 Å². The van der Waals surface area contributed by atoms with Gasteiger partial charge in [-0.3, -0.25) is 4.99 Å². The average Bonchev–Trinajstić information content (AvgIpc) is 2.30. The van der Waals surface area contributed by atoms with Crippen molar-refractivity contribution < 1.29 is 5.11 Å². The summed E-state index contributed by atoms with van der Waals surface area (Å²) in [6.07, 6.45) is 1.59. The Morgan fingerprint density at radius 1 is 1.18 bits per heavy atom. The lowest BCUT2D eigenvalue weighted by Crippen LogP contribution is -1.81. The van der Waals surface area contributed by atoms with E-state index in [0.717, 1.165) is 4.47 Å². The van der Waals surface area contributed by atoms with E-state index in [1.165, 1.54) is 0 Å². The Bertz CT molecular complexity index is 569. The summed E-state index contributed by atoms with van der Waals surface area (Å²) in [6.45, 7) is 0. The van der Waals surface area contributed by atoms with Gasteiger partial charge in [0.25, 0.3) is 0 Å². The van der Waals surface area contributed by atoms with Gasteiger partial charge in [0.1, 0.15) is 5.75 Å². The lowest BCUT2D eigenvalue weighted by Gasteiger charge is -1.99. The molecule has 0 aliphatic carbocycles. The van der Waals surface area contributed by atoms with E-state index >= 15 is 0 Å². The maximum Gasteiger partial charge on any atom is 0.124 e. The van der Waals surface area contributed by atoms with Crippen LogP contribution in [0.3, 0.4) is 0 Å². The molecule has 0 aromatic heterocycles. The molecule has 0 saturated heterocycles. The largest absolute Gasteiger partial charge is 0.507 e. The van der Waals surface area contributed by atoms with Crippen molar-refractivity contribution in [3.8, 4) is 5.75 Å². The van der Waals surface area contributed by atoms with Crippen LogP contribution in [0.4, 0.5) is 5.69 Å². The maximum atomic E-state index is 9.57. The molecule has 0 radical (unpaired) electrons. The second-order valence-corrected chi connectivity index (χ2v) is 4.74. The van der Waals surface area contributed by atoms with Crippen LogP contribution in [0, 0.1) is 0 Å². The second kappa shape index (κ2) is 5.34. The first-order valence-electron chi connectivity index (χ1n) is 4.94. The van der Waals surface area contributed by atoms with Gasteiger partial charge in [-0.25, -0.2) is 0 Å².